The summed E-state index contributed by atoms with van der Waals surface area (Å²) in [7, 11) is 4.23. The van der Waals surface area contributed by atoms with Gasteiger partial charge in [-0.15, -0.1) is 0 Å². The molecule has 5 nitrogen and oxygen atoms in total. The van der Waals surface area contributed by atoms with Crippen molar-refractivity contribution in [2.24, 2.45) is 0 Å². The van der Waals surface area contributed by atoms with Crippen LogP contribution in [0.25, 0.3) is 0 Å². The van der Waals surface area contributed by atoms with Crippen LogP contribution in [0.5, 0.6) is 0 Å². The van der Waals surface area contributed by atoms with Gasteiger partial charge >= 0.3 is 5.97 Å². The van der Waals surface area contributed by atoms with Gasteiger partial charge in [0.15, 0.2) is 0 Å². The number of rotatable bonds is 7. The molecule has 2 atom stereocenters. The van der Waals surface area contributed by atoms with Gasteiger partial charge in [0.25, 0.3) is 0 Å². The van der Waals surface area contributed by atoms with E-state index in [1.165, 1.54) is 6.42 Å². The van der Waals surface area contributed by atoms with Crippen molar-refractivity contribution in [2.75, 3.05) is 33.7 Å². The van der Waals surface area contributed by atoms with Crippen molar-refractivity contribution in [3.05, 3.63) is 0 Å². The Morgan fingerprint density at radius 2 is 2.11 bits per heavy atom. The minimum atomic E-state index is -0.766. The summed E-state index contributed by atoms with van der Waals surface area (Å²) in [6.07, 6.45) is 4.11. The Bertz CT molecular complexity index is 331. The number of carboxylic acids is 1. The van der Waals surface area contributed by atoms with E-state index in [9.17, 15) is 9.90 Å². The fourth-order valence-corrected chi connectivity index (χ4v) is 2.74. The smallest absolute Gasteiger partial charge is 0.323 e. The van der Waals surface area contributed by atoms with Crippen LogP contribution in [0.1, 0.15) is 32.6 Å². The first kappa shape index (κ1) is 14.8. The first-order chi connectivity index (χ1) is 8.90. The SMILES string of the molecule is CN(C)C1CCN(CCC(C)(NC2CC2)C(=O)O)C1. The summed E-state index contributed by atoms with van der Waals surface area (Å²) < 4.78 is 0. The predicted molar refractivity (Wildman–Crippen MR) is 75.3 cm³/mol. The summed E-state index contributed by atoms with van der Waals surface area (Å²) in [6.45, 7) is 4.84. The first-order valence-electron chi connectivity index (χ1n) is 7.30. The Balaban J connectivity index is 1.80. The second kappa shape index (κ2) is 5.77. The summed E-state index contributed by atoms with van der Waals surface area (Å²) >= 11 is 0. The highest BCUT2D eigenvalue weighted by atomic mass is 16.4. The Morgan fingerprint density at radius 3 is 2.58 bits per heavy atom. The van der Waals surface area contributed by atoms with Crippen LogP contribution in [0.15, 0.2) is 0 Å². The second-order valence-corrected chi connectivity index (χ2v) is 6.51. The van der Waals surface area contributed by atoms with Gasteiger partial charge in [0.1, 0.15) is 5.54 Å². The van der Waals surface area contributed by atoms with E-state index < -0.39 is 11.5 Å². The summed E-state index contributed by atoms with van der Waals surface area (Å²) in [5.74, 6) is -0.720. The molecule has 0 aromatic heterocycles. The molecule has 1 aliphatic heterocycles. The standard InChI is InChI=1S/C14H27N3O2/c1-14(13(18)19,15-11-4-5-11)7-9-17-8-6-12(10-17)16(2)3/h11-12,15H,4-10H2,1-3H3,(H,18,19). The maximum atomic E-state index is 11.5. The predicted octanol–water partition coefficient (Wildman–Crippen LogP) is 0.608. The van der Waals surface area contributed by atoms with Crippen LogP contribution in [0.3, 0.4) is 0 Å². The quantitative estimate of drug-likeness (QED) is 0.709. The van der Waals surface area contributed by atoms with E-state index in [0.29, 0.717) is 18.5 Å². The average Bonchev–Trinajstić information content (AvgIpc) is 3.01. The normalized spacial score (nSPS) is 27.7. The summed E-state index contributed by atoms with van der Waals surface area (Å²) in [4.78, 5) is 16.1. The zero-order valence-corrected chi connectivity index (χ0v) is 12.4. The molecule has 2 rings (SSSR count). The minimum Gasteiger partial charge on any atom is -0.480 e. The molecule has 110 valence electrons. The van der Waals surface area contributed by atoms with Crippen LogP contribution in [-0.2, 0) is 4.79 Å². The lowest BCUT2D eigenvalue weighted by atomic mass is 9.97. The molecule has 0 spiro atoms. The second-order valence-electron chi connectivity index (χ2n) is 6.51. The Labute approximate surface area is 115 Å². The molecule has 1 saturated heterocycles. The van der Waals surface area contributed by atoms with E-state index in [4.69, 9.17) is 0 Å². The molecule has 0 aromatic carbocycles. The van der Waals surface area contributed by atoms with Crippen molar-refractivity contribution >= 4 is 5.97 Å². The van der Waals surface area contributed by atoms with Crippen LogP contribution in [0, 0.1) is 0 Å². The molecule has 0 aromatic rings. The third-order valence-electron chi connectivity index (χ3n) is 4.48. The van der Waals surface area contributed by atoms with Crippen LogP contribution in [0.2, 0.25) is 0 Å². The number of likely N-dealkylation sites (N-methyl/N-ethyl adjacent to an activating group) is 1. The topological polar surface area (TPSA) is 55.8 Å². The van der Waals surface area contributed by atoms with E-state index in [-0.39, 0.29) is 0 Å². The molecule has 5 heteroatoms. The molecule has 1 heterocycles. The lowest BCUT2D eigenvalue weighted by Crippen LogP contribution is -2.52. The molecule has 2 unspecified atom stereocenters. The fraction of sp³-hybridized carbons (Fsp3) is 0.929. The Morgan fingerprint density at radius 1 is 1.42 bits per heavy atom. The number of carbonyl (C=O) groups is 1. The van der Waals surface area contributed by atoms with Gasteiger partial charge in [-0.05, 0) is 53.2 Å². The van der Waals surface area contributed by atoms with Gasteiger partial charge in [0.05, 0.1) is 0 Å². The number of nitrogens with one attached hydrogen (secondary N) is 1. The molecule has 2 fully saturated rings. The maximum Gasteiger partial charge on any atom is 0.323 e. The number of hydrogen-bond acceptors (Lipinski definition) is 4. The average molecular weight is 269 g/mol. The van der Waals surface area contributed by atoms with E-state index in [2.05, 4.69) is 29.2 Å². The molecule has 1 aliphatic carbocycles. The molecule has 1 saturated carbocycles. The highest BCUT2D eigenvalue weighted by molar-refractivity contribution is 5.78. The molecule has 0 radical (unpaired) electrons. The molecule has 19 heavy (non-hydrogen) atoms. The first-order valence-corrected chi connectivity index (χ1v) is 7.30. The van der Waals surface area contributed by atoms with Crippen molar-refractivity contribution in [3.8, 4) is 0 Å². The van der Waals surface area contributed by atoms with Crippen molar-refractivity contribution in [1.82, 2.24) is 15.1 Å². The van der Waals surface area contributed by atoms with E-state index in [0.717, 1.165) is 32.5 Å². The Kier molecular flexibility index (Phi) is 4.48. The fourth-order valence-electron chi connectivity index (χ4n) is 2.74. The van der Waals surface area contributed by atoms with Gasteiger partial charge in [-0.2, -0.15) is 0 Å². The van der Waals surface area contributed by atoms with Crippen LogP contribution in [0.4, 0.5) is 0 Å². The number of nitrogens with zero attached hydrogens (tertiary/aromatic N) is 2. The van der Waals surface area contributed by atoms with Gasteiger partial charge in [-0.25, -0.2) is 0 Å². The van der Waals surface area contributed by atoms with E-state index in [1.54, 1.807) is 0 Å². The van der Waals surface area contributed by atoms with Gasteiger partial charge in [-0.3, -0.25) is 10.1 Å². The van der Waals surface area contributed by atoms with Crippen LogP contribution >= 0.6 is 0 Å². The van der Waals surface area contributed by atoms with Crippen molar-refractivity contribution in [2.45, 2.75) is 50.2 Å². The van der Waals surface area contributed by atoms with Crippen LogP contribution < -0.4 is 5.32 Å². The molecule has 2 N–H and O–H groups in total. The highest BCUT2D eigenvalue weighted by Crippen LogP contribution is 2.25. The van der Waals surface area contributed by atoms with Crippen LogP contribution in [-0.4, -0.2) is 72.2 Å². The number of aliphatic carboxylic acids is 1. The van der Waals surface area contributed by atoms with Gasteiger partial charge < -0.3 is 14.9 Å². The summed E-state index contributed by atoms with van der Waals surface area (Å²) in [5.41, 5.74) is -0.766. The van der Waals surface area contributed by atoms with Gasteiger partial charge in [0, 0.05) is 25.2 Å². The van der Waals surface area contributed by atoms with E-state index >= 15 is 0 Å². The molecule has 0 bridgehead atoms. The lowest BCUT2D eigenvalue weighted by molar-refractivity contribution is -0.144. The largest absolute Gasteiger partial charge is 0.480 e. The number of hydrogen-bond donors (Lipinski definition) is 2. The lowest BCUT2D eigenvalue weighted by Gasteiger charge is -2.29. The third kappa shape index (κ3) is 3.91. The minimum absolute atomic E-state index is 0.425. The summed E-state index contributed by atoms with van der Waals surface area (Å²) in [5, 5.41) is 12.7. The molecular weight excluding hydrogens is 242 g/mol. The van der Waals surface area contributed by atoms with Gasteiger partial charge in [0.2, 0.25) is 0 Å². The number of likely N-dealkylation sites (tertiary alicyclic amines) is 1. The van der Waals surface area contributed by atoms with Crippen molar-refractivity contribution in [1.29, 1.82) is 0 Å². The van der Waals surface area contributed by atoms with Gasteiger partial charge in [-0.1, -0.05) is 0 Å². The van der Waals surface area contributed by atoms with E-state index in [1.807, 2.05) is 6.92 Å². The molecule has 2 aliphatic rings. The number of carboxylic acid groups (broad SMARTS) is 1. The van der Waals surface area contributed by atoms with Crippen molar-refractivity contribution < 1.29 is 9.90 Å². The third-order valence-corrected chi connectivity index (χ3v) is 4.48. The maximum absolute atomic E-state index is 11.5. The summed E-state index contributed by atoms with van der Waals surface area (Å²) in [6, 6.07) is 1.04. The van der Waals surface area contributed by atoms with Crippen molar-refractivity contribution in [3.63, 3.8) is 0 Å². The molecular formula is C14H27N3O2. The highest BCUT2D eigenvalue weighted by Gasteiger charge is 2.39. The monoisotopic (exact) mass is 269 g/mol. The zero-order valence-electron chi connectivity index (χ0n) is 12.4. The molecule has 0 amide bonds. The Hall–Kier alpha value is -0.650. The zero-order chi connectivity index (χ0) is 14.0.